The van der Waals surface area contributed by atoms with Gasteiger partial charge < -0.3 is 25.8 Å². The number of carbonyl (C=O) groups excluding carboxylic acids is 1. The quantitative estimate of drug-likeness (QED) is 0.350. The van der Waals surface area contributed by atoms with Crippen molar-refractivity contribution in [2.24, 2.45) is 5.73 Å². The second-order valence-electron chi connectivity index (χ2n) is 7.37. The lowest BCUT2D eigenvalue weighted by Crippen LogP contribution is -2.24. The Balaban J connectivity index is 1.65. The number of ether oxygens (including phenoxy) is 2. The van der Waals surface area contributed by atoms with E-state index in [1.54, 1.807) is 19.2 Å². The molecule has 0 bridgehead atoms. The van der Waals surface area contributed by atoms with Gasteiger partial charge in [-0.15, -0.1) is 0 Å². The fraction of sp³-hybridized carbons (Fsp3) is 0.160. The summed E-state index contributed by atoms with van der Waals surface area (Å²) in [4.78, 5) is 21.4. The van der Waals surface area contributed by atoms with Gasteiger partial charge in [-0.3, -0.25) is 4.79 Å². The number of hydrogen-bond acceptors (Lipinski definition) is 8. The summed E-state index contributed by atoms with van der Waals surface area (Å²) in [7, 11) is 3.08. The van der Waals surface area contributed by atoms with Crippen LogP contribution in [0.1, 0.15) is 11.6 Å². The molecule has 1 unspecified atom stereocenters. The Morgan fingerprint density at radius 2 is 1.64 bits per heavy atom. The van der Waals surface area contributed by atoms with Crippen LogP contribution in [0, 0.1) is 0 Å². The number of ketones is 1. The first-order chi connectivity index (χ1) is 16.1. The fourth-order valence-corrected chi connectivity index (χ4v) is 3.42. The lowest BCUT2D eigenvalue weighted by atomic mass is 10.0. The monoisotopic (exact) mass is 443 g/mol. The molecule has 168 valence electrons. The fourth-order valence-electron chi connectivity index (χ4n) is 3.42. The summed E-state index contributed by atoms with van der Waals surface area (Å²) in [6, 6.07) is 22.0. The van der Waals surface area contributed by atoms with Crippen molar-refractivity contribution in [3.05, 3.63) is 78.4 Å². The number of rotatable bonds is 9. The molecular formula is C25H25N5O3. The summed E-state index contributed by atoms with van der Waals surface area (Å²) >= 11 is 0. The molecular weight excluding hydrogens is 418 g/mol. The van der Waals surface area contributed by atoms with Crippen LogP contribution in [-0.2, 0) is 9.53 Å². The van der Waals surface area contributed by atoms with E-state index in [0.717, 1.165) is 16.8 Å². The van der Waals surface area contributed by atoms with E-state index >= 15 is 0 Å². The molecule has 0 radical (unpaired) electrons. The van der Waals surface area contributed by atoms with E-state index < -0.39 is 6.04 Å². The van der Waals surface area contributed by atoms with Crippen molar-refractivity contribution in [3.8, 4) is 5.75 Å². The van der Waals surface area contributed by atoms with Crippen molar-refractivity contribution in [2.75, 3.05) is 31.5 Å². The highest BCUT2D eigenvalue weighted by Crippen LogP contribution is 2.31. The van der Waals surface area contributed by atoms with Crippen molar-refractivity contribution in [1.82, 2.24) is 9.97 Å². The smallest absolute Gasteiger partial charge is 0.229 e. The van der Waals surface area contributed by atoms with Crippen molar-refractivity contribution >= 4 is 39.8 Å². The number of nitrogens with zero attached hydrogens (tertiary/aromatic N) is 2. The molecule has 4 aromatic rings. The molecule has 8 nitrogen and oxygen atoms in total. The van der Waals surface area contributed by atoms with Gasteiger partial charge in [-0.2, -0.15) is 4.98 Å². The Labute approximate surface area is 191 Å². The summed E-state index contributed by atoms with van der Waals surface area (Å²) in [5, 5.41) is 7.42. The molecule has 0 saturated heterocycles. The van der Waals surface area contributed by atoms with E-state index in [1.807, 2.05) is 60.7 Å². The summed E-state index contributed by atoms with van der Waals surface area (Å²) in [5.74, 6) is 1.51. The van der Waals surface area contributed by atoms with Crippen LogP contribution in [0.25, 0.3) is 10.9 Å². The van der Waals surface area contributed by atoms with Crippen LogP contribution in [0.15, 0.2) is 72.8 Å². The highest BCUT2D eigenvalue weighted by molar-refractivity contribution is 5.95. The maximum Gasteiger partial charge on any atom is 0.229 e. The molecule has 0 fully saturated rings. The van der Waals surface area contributed by atoms with Gasteiger partial charge in [0.25, 0.3) is 0 Å². The largest absolute Gasteiger partial charge is 0.494 e. The molecule has 3 aromatic carbocycles. The summed E-state index contributed by atoms with van der Waals surface area (Å²) in [5.41, 5.74) is 9.06. The van der Waals surface area contributed by atoms with Gasteiger partial charge in [0.15, 0.2) is 5.78 Å². The minimum Gasteiger partial charge on any atom is -0.494 e. The Kier molecular flexibility index (Phi) is 6.77. The third kappa shape index (κ3) is 5.08. The van der Waals surface area contributed by atoms with E-state index in [-0.39, 0.29) is 12.4 Å². The zero-order valence-corrected chi connectivity index (χ0v) is 18.4. The zero-order chi connectivity index (χ0) is 23.2. The third-order valence-electron chi connectivity index (χ3n) is 5.11. The number of benzene rings is 3. The molecule has 33 heavy (non-hydrogen) atoms. The Morgan fingerprint density at radius 3 is 2.33 bits per heavy atom. The van der Waals surface area contributed by atoms with E-state index in [4.69, 9.17) is 20.2 Å². The molecule has 0 aliphatic carbocycles. The number of nitrogens with one attached hydrogen (secondary N) is 2. The molecule has 4 rings (SSSR count). The van der Waals surface area contributed by atoms with Gasteiger partial charge in [-0.05, 0) is 42.0 Å². The SMILES string of the molecule is COCC(=O)C(N)c1ccc(Nc2nc(Nc3ccccc3)c3cccc(OC)c3n2)cc1. The molecule has 0 spiro atoms. The van der Waals surface area contributed by atoms with Gasteiger partial charge in [-0.1, -0.05) is 36.4 Å². The van der Waals surface area contributed by atoms with Crippen molar-refractivity contribution in [1.29, 1.82) is 0 Å². The maximum absolute atomic E-state index is 12.0. The zero-order valence-electron chi connectivity index (χ0n) is 18.4. The van der Waals surface area contributed by atoms with E-state index in [0.29, 0.717) is 28.6 Å². The lowest BCUT2D eigenvalue weighted by Gasteiger charge is -2.14. The van der Waals surface area contributed by atoms with Gasteiger partial charge in [0.2, 0.25) is 5.95 Å². The van der Waals surface area contributed by atoms with Crippen molar-refractivity contribution in [3.63, 3.8) is 0 Å². The maximum atomic E-state index is 12.0. The van der Waals surface area contributed by atoms with Crippen molar-refractivity contribution < 1.29 is 14.3 Å². The molecule has 0 saturated carbocycles. The molecule has 1 aromatic heterocycles. The molecule has 1 heterocycles. The highest BCUT2D eigenvalue weighted by Gasteiger charge is 2.16. The van der Waals surface area contributed by atoms with Gasteiger partial charge in [0.05, 0.1) is 13.2 Å². The number of hydrogen-bond donors (Lipinski definition) is 3. The topological polar surface area (TPSA) is 111 Å². The molecule has 8 heteroatoms. The molecule has 1 atom stereocenters. The predicted octanol–water partition coefficient (Wildman–Crippen LogP) is 4.34. The number of aromatic nitrogens is 2. The number of nitrogens with two attached hydrogens (primary N) is 1. The van der Waals surface area contributed by atoms with Crippen LogP contribution in [0.3, 0.4) is 0 Å². The first-order valence-corrected chi connectivity index (χ1v) is 10.4. The Bertz CT molecular complexity index is 1250. The van der Waals surface area contributed by atoms with Crippen LogP contribution >= 0.6 is 0 Å². The first-order valence-electron chi connectivity index (χ1n) is 10.4. The Morgan fingerprint density at radius 1 is 0.909 bits per heavy atom. The van der Waals surface area contributed by atoms with Gasteiger partial charge in [0, 0.05) is 23.9 Å². The summed E-state index contributed by atoms with van der Waals surface area (Å²) in [6.07, 6.45) is 0. The van der Waals surface area contributed by atoms with Crippen LogP contribution in [0.5, 0.6) is 5.75 Å². The first kappa shape index (κ1) is 22.2. The number of fused-ring (bicyclic) bond motifs is 1. The number of methoxy groups -OCH3 is 2. The third-order valence-corrected chi connectivity index (χ3v) is 5.11. The van der Waals surface area contributed by atoms with Gasteiger partial charge >= 0.3 is 0 Å². The number of para-hydroxylation sites is 2. The van der Waals surface area contributed by atoms with Gasteiger partial charge in [0.1, 0.15) is 23.7 Å². The highest BCUT2D eigenvalue weighted by atomic mass is 16.5. The lowest BCUT2D eigenvalue weighted by molar-refractivity contribution is -0.124. The Hall–Kier alpha value is -4.01. The van der Waals surface area contributed by atoms with E-state index in [2.05, 4.69) is 15.6 Å². The number of Topliss-reactive ketones (excluding diaryl/α,β-unsaturated/α-hetero) is 1. The minimum absolute atomic E-state index is 0.0227. The van der Waals surface area contributed by atoms with E-state index in [9.17, 15) is 4.79 Å². The van der Waals surface area contributed by atoms with E-state index in [1.165, 1.54) is 7.11 Å². The van der Waals surface area contributed by atoms with Crippen LogP contribution in [-0.4, -0.2) is 36.6 Å². The molecule has 4 N–H and O–H groups in total. The molecule has 0 amide bonds. The average molecular weight is 444 g/mol. The van der Waals surface area contributed by atoms with Gasteiger partial charge in [-0.25, -0.2) is 4.98 Å². The second-order valence-corrected chi connectivity index (χ2v) is 7.37. The number of carbonyl (C=O) groups is 1. The second kappa shape index (κ2) is 10.1. The van der Waals surface area contributed by atoms with Crippen LogP contribution in [0.2, 0.25) is 0 Å². The van der Waals surface area contributed by atoms with Crippen molar-refractivity contribution in [2.45, 2.75) is 6.04 Å². The van der Waals surface area contributed by atoms with Crippen LogP contribution < -0.4 is 21.1 Å². The molecule has 0 aliphatic heterocycles. The minimum atomic E-state index is -0.734. The predicted molar refractivity (Wildman–Crippen MR) is 129 cm³/mol. The standard InChI is InChI=1S/C25H25N5O3/c1-32-15-20(31)22(26)16-11-13-18(14-12-16)28-25-29-23-19(9-6-10-21(23)33-2)24(30-25)27-17-7-4-3-5-8-17/h3-14,22H,15,26H2,1-2H3,(H2,27,28,29,30). The normalized spacial score (nSPS) is 11.7. The number of anilines is 4. The van der Waals surface area contributed by atoms with Crippen LogP contribution in [0.4, 0.5) is 23.1 Å². The average Bonchev–Trinajstić information content (AvgIpc) is 2.84. The summed E-state index contributed by atoms with van der Waals surface area (Å²) < 4.78 is 10.4. The molecule has 0 aliphatic rings. The summed E-state index contributed by atoms with van der Waals surface area (Å²) in [6.45, 7) is -0.0227.